The third kappa shape index (κ3) is 2.65. The Kier molecular flexibility index (Phi) is 3.20. The number of nitrogens with one attached hydrogen (secondary N) is 2. The highest BCUT2D eigenvalue weighted by molar-refractivity contribution is 6.34. The van der Waals surface area contributed by atoms with Crippen molar-refractivity contribution in [2.24, 2.45) is 0 Å². The number of nitrogens with zero attached hydrogens (tertiary/aromatic N) is 6. The number of halogens is 1. The number of tetrazole rings is 1. The van der Waals surface area contributed by atoms with Crippen LogP contribution in [0.1, 0.15) is 10.6 Å². The van der Waals surface area contributed by atoms with Crippen LogP contribution in [0.2, 0.25) is 5.02 Å². The number of amides is 1. The SMILES string of the molecule is Nc1n[nH]c(C(=O)Nc2cc(-n3cnnn3)ccc2Cl)n1. The highest BCUT2D eigenvalue weighted by atomic mass is 35.5. The van der Waals surface area contributed by atoms with Gasteiger partial charge in [-0.15, -0.1) is 10.2 Å². The van der Waals surface area contributed by atoms with Gasteiger partial charge in [0.05, 0.1) is 16.4 Å². The van der Waals surface area contributed by atoms with Gasteiger partial charge in [0.15, 0.2) is 0 Å². The molecule has 3 rings (SSSR count). The van der Waals surface area contributed by atoms with Crippen LogP contribution in [0.4, 0.5) is 11.6 Å². The molecule has 0 radical (unpaired) electrons. The number of H-pyrrole nitrogens is 1. The number of nitrogen functional groups attached to an aromatic ring is 1. The standard InChI is InChI=1S/C10H8ClN9O/c11-6-2-1-5(20-4-13-18-19-20)3-7(6)14-9(21)8-15-10(12)17-16-8/h1-4H,(H,14,21)(H3,12,15,16,17). The minimum atomic E-state index is -0.519. The smallest absolute Gasteiger partial charge is 0.293 e. The van der Waals surface area contributed by atoms with Gasteiger partial charge in [-0.05, 0) is 28.6 Å². The summed E-state index contributed by atoms with van der Waals surface area (Å²) in [5.74, 6) is -0.556. The average Bonchev–Trinajstić information content (AvgIpc) is 3.12. The highest BCUT2D eigenvalue weighted by Crippen LogP contribution is 2.24. The topological polar surface area (TPSA) is 140 Å². The molecule has 0 atom stereocenters. The lowest BCUT2D eigenvalue weighted by molar-refractivity contribution is 0.101. The number of aromatic nitrogens is 7. The number of rotatable bonds is 3. The van der Waals surface area contributed by atoms with E-state index in [1.807, 2.05) is 0 Å². The second-order valence-corrected chi connectivity index (χ2v) is 4.32. The second kappa shape index (κ2) is 5.17. The number of hydrogen-bond donors (Lipinski definition) is 3. The Morgan fingerprint density at radius 1 is 1.43 bits per heavy atom. The van der Waals surface area contributed by atoms with Crippen LogP contribution >= 0.6 is 11.6 Å². The van der Waals surface area contributed by atoms with Crippen LogP contribution in [0.3, 0.4) is 0 Å². The molecular weight excluding hydrogens is 298 g/mol. The fourth-order valence-electron chi connectivity index (χ4n) is 1.59. The van der Waals surface area contributed by atoms with E-state index in [2.05, 4.69) is 36.0 Å². The molecule has 10 nitrogen and oxygen atoms in total. The van der Waals surface area contributed by atoms with E-state index < -0.39 is 5.91 Å². The summed E-state index contributed by atoms with van der Waals surface area (Å²) in [7, 11) is 0. The van der Waals surface area contributed by atoms with E-state index in [-0.39, 0.29) is 11.8 Å². The van der Waals surface area contributed by atoms with Gasteiger partial charge >= 0.3 is 0 Å². The first-order valence-electron chi connectivity index (χ1n) is 5.65. The predicted octanol–water partition coefficient (Wildman–Crippen LogP) is 0.268. The Balaban J connectivity index is 1.88. The van der Waals surface area contributed by atoms with Gasteiger partial charge in [0.1, 0.15) is 6.33 Å². The lowest BCUT2D eigenvalue weighted by Crippen LogP contribution is -2.14. The summed E-state index contributed by atoms with van der Waals surface area (Å²) in [5.41, 5.74) is 6.36. The molecule has 0 spiro atoms. The molecule has 0 aliphatic rings. The van der Waals surface area contributed by atoms with Crippen LogP contribution in [-0.2, 0) is 0 Å². The van der Waals surface area contributed by atoms with Gasteiger partial charge in [0.2, 0.25) is 11.8 Å². The van der Waals surface area contributed by atoms with Crippen LogP contribution < -0.4 is 11.1 Å². The van der Waals surface area contributed by atoms with Gasteiger partial charge in [0, 0.05) is 0 Å². The Morgan fingerprint density at radius 3 is 2.95 bits per heavy atom. The zero-order valence-electron chi connectivity index (χ0n) is 10.4. The Labute approximate surface area is 122 Å². The van der Waals surface area contributed by atoms with Gasteiger partial charge in [-0.2, -0.15) is 4.98 Å². The van der Waals surface area contributed by atoms with E-state index in [0.29, 0.717) is 16.4 Å². The zero-order valence-corrected chi connectivity index (χ0v) is 11.1. The summed E-state index contributed by atoms with van der Waals surface area (Å²) in [6.45, 7) is 0. The van der Waals surface area contributed by atoms with E-state index in [0.717, 1.165) is 0 Å². The number of hydrogen-bond acceptors (Lipinski definition) is 7. The van der Waals surface area contributed by atoms with Crippen molar-refractivity contribution < 1.29 is 4.79 Å². The van der Waals surface area contributed by atoms with Crippen molar-refractivity contribution in [1.29, 1.82) is 0 Å². The molecule has 0 bridgehead atoms. The zero-order chi connectivity index (χ0) is 14.8. The molecule has 106 valence electrons. The summed E-state index contributed by atoms with van der Waals surface area (Å²) in [6.07, 6.45) is 1.42. The number of aromatic amines is 1. The summed E-state index contributed by atoms with van der Waals surface area (Å²) < 4.78 is 1.43. The number of benzene rings is 1. The predicted molar refractivity (Wildman–Crippen MR) is 72.9 cm³/mol. The van der Waals surface area contributed by atoms with E-state index in [1.54, 1.807) is 18.2 Å². The number of anilines is 2. The quantitative estimate of drug-likeness (QED) is 0.630. The maximum absolute atomic E-state index is 12.0. The van der Waals surface area contributed by atoms with E-state index in [1.165, 1.54) is 11.0 Å². The Bertz CT molecular complexity index is 782. The first-order chi connectivity index (χ1) is 10.1. The van der Waals surface area contributed by atoms with Crippen LogP contribution in [0.25, 0.3) is 5.69 Å². The Hall–Kier alpha value is -3.01. The van der Waals surface area contributed by atoms with Crippen molar-refractivity contribution in [2.45, 2.75) is 0 Å². The Morgan fingerprint density at radius 2 is 2.29 bits per heavy atom. The van der Waals surface area contributed by atoms with Gasteiger partial charge < -0.3 is 11.1 Å². The summed E-state index contributed by atoms with van der Waals surface area (Å²) in [6, 6.07) is 4.94. The van der Waals surface area contributed by atoms with E-state index in [4.69, 9.17) is 17.3 Å². The molecule has 4 N–H and O–H groups in total. The van der Waals surface area contributed by atoms with Gasteiger partial charge in [0.25, 0.3) is 5.91 Å². The molecule has 3 aromatic rings. The highest BCUT2D eigenvalue weighted by Gasteiger charge is 2.13. The minimum absolute atomic E-state index is 0.0172. The minimum Gasteiger partial charge on any atom is -0.366 e. The normalized spacial score (nSPS) is 10.5. The van der Waals surface area contributed by atoms with Crippen molar-refractivity contribution in [3.63, 3.8) is 0 Å². The third-order valence-corrected chi connectivity index (χ3v) is 2.86. The summed E-state index contributed by atoms with van der Waals surface area (Å²) in [4.78, 5) is 15.7. The second-order valence-electron chi connectivity index (χ2n) is 3.91. The van der Waals surface area contributed by atoms with Crippen LogP contribution in [-0.4, -0.2) is 41.3 Å². The maximum atomic E-state index is 12.0. The third-order valence-electron chi connectivity index (χ3n) is 2.53. The first-order valence-corrected chi connectivity index (χ1v) is 6.03. The first kappa shape index (κ1) is 13.0. The molecule has 0 saturated heterocycles. The van der Waals surface area contributed by atoms with Gasteiger partial charge in [-0.25, -0.2) is 4.68 Å². The largest absolute Gasteiger partial charge is 0.366 e. The van der Waals surface area contributed by atoms with Crippen LogP contribution in [0.15, 0.2) is 24.5 Å². The molecule has 0 saturated carbocycles. The van der Waals surface area contributed by atoms with E-state index >= 15 is 0 Å². The summed E-state index contributed by atoms with van der Waals surface area (Å²) in [5, 5.41) is 19.8. The lowest BCUT2D eigenvalue weighted by atomic mass is 10.2. The van der Waals surface area contributed by atoms with Crippen molar-refractivity contribution in [3.05, 3.63) is 35.4 Å². The molecule has 2 heterocycles. The number of carbonyl (C=O) groups is 1. The molecule has 0 fully saturated rings. The van der Waals surface area contributed by atoms with Crippen LogP contribution in [0, 0.1) is 0 Å². The molecule has 1 amide bonds. The van der Waals surface area contributed by atoms with E-state index in [9.17, 15) is 4.79 Å². The summed E-state index contributed by atoms with van der Waals surface area (Å²) >= 11 is 6.05. The maximum Gasteiger partial charge on any atom is 0.293 e. The molecule has 21 heavy (non-hydrogen) atoms. The monoisotopic (exact) mass is 305 g/mol. The molecule has 0 unspecified atom stereocenters. The number of carbonyl (C=O) groups excluding carboxylic acids is 1. The molecular formula is C10H8ClN9O. The lowest BCUT2D eigenvalue weighted by Gasteiger charge is -2.07. The van der Waals surface area contributed by atoms with Gasteiger partial charge in [-0.1, -0.05) is 11.6 Å². The molecule has 1 aromatic carbocycles. The molecule has 0 aliphatic carbocycles. The molecule has 2 aromatic heterocycles. The number of nitrogens with two attached hydrogens (primary N) is 1. The van der Waals surface area contributed by atoms with Crippen LogP contribution in [0.5, 0.6) is 0 Å². The van der Waals surface area contributed by atoms with Crippen molar-refractivity contribution in [1.82, 2.24) is 35.4 Å². The fourth-order valence-corrected chi connectivity index (χ4v) is 1.75. The average molecular weight is 306 g/mol. The van der Waals surface area contributed by atoms with Crippen molar-refractivity contribution in [2.75, 3.05) is 11.1 Å². The van der Waals surface area contributed by atoms with Crippen molar-refractivity contribution in [3.8, 4) is 5.69 Å². The van der Waals surface area contributed by atoms with Crippen molar-refractivity contribution >= 4 is 29.1 Å². The molecule has 11 heteroatoms. The molecule has 0 aliphatic heterocycles. The fraction of sp³-hybridized carbons (Fsp3) is 0. The van der Waals surface area contributed by atoms with Gasteiger partial charge in [-0.3, -0.25) is 9.89 Å².